The first kappa shape index (κ1) is 26.5. The molecule has 0 radical (unpaired) electrons. The predicted octanol–water partition coefficient (Wildman–Crippen LogP) is 8.47. The third-order valence-electron chi connectivity index (χ3n) is 5.79. The van der Waals surface area contributed by atoms with Gasteiger partial charge in [-0.15, -0.1) is 0 Å². The molecule has 0 heterocycles. The Labute approximate surface area is 171 Å². The molecule has 27 heavy (non-hydrogen) atoms. The SMILES string of the molecule is CCCCCCCCCCC(CCCCC)COC(=O)C(C)CCCCC. The molecule has 0 saturated heterocycles. The van der Waals surface area contributed by atoms with Gasteiger partial charge in [0, 0.05) is 0 Å². The highest BCUT2D eigenvalue weighted by Gasteiger charge is 2.17. The highest BCUT2D eigenvalue weighted by atomic mass is 16.5. The summed E-state index contributed by atoms with van der Waals surface area (Å²) in [5, 5.41) is 0. The van der Waals surface area contributed by atoms with Gasteiger partial charge >= 0.3 is 5.97 Å². The Morgan fingerprint density at radius 1 is 0.630 bits per heavy atom. The van der Waals surface area contributed by atoms with E-state index in [1.54, 1.807) is 0 Å². The molecule has 2 unspecified atom stereocenters. The van der Waals surface area contributed by atoms with Crippen molar-refractivity contribution in [2.75, 3.05) is 6.61 Å². The van der Waals surface area contributed by atoms with Crippen LogP contribution in [-0.2, 0) is 9.53 Å². The Balaban J connectivity index is 3.99. The Bertz CT molecular complexity index is 313. The molecular weight excluding hydrogens is 332 g/mol. The van der Waals surface area contributed by atoms with Gasteiger partial charge in [-0.3, -0.25) is 4.79 Å². The lowest BCUT2D eigenvalue weighted by atomic mass is 9.95. The second-order valence-corrected chi connectivity index (χ2v) is 8.65. The lowest BCUT2D eigenvalue weighted by Crippen LogP contribution is -2.19. The molecule has 0 fully saturated rings. The van der Waals surface area contributed by atoms with Crippen LogP contribution in [-0.4, -0.2) is 12.6 Å². The first-order valence-corrected chi connectivity index (χ1v) is 12.3. The quantitative estimate of drug-likeness (QED) is 0.156. The van der Waals surface area contributed by atoms with E-state index in [2.05, 4.69) is 20.8 Å². The average molecular weight is 383 g/mol. The summed E-state index contributed by atoms with van der Waals surface area (Å²) in [6, 6.07) is 0. The van der Waals surface area contributed by atoms with Crippen LogP contribution >= 0.6 is 0 Å². The van der Waals surface area contributed by atoms with Crippen molar-refractivity contribution < 1.29 is 9.53 Å². The monoisotopic (exact) mass is 382 g/mol. The molecule has 0 aliphatic heterocycles. The lowest BCUT2D eigenvalue weighted by molar-refractivity contribution is -0.149. The number of hydrogen-bond donors (Lipinski definition) is 0. The molecular formula is C25H50O2. The fourth-order valence-electron chi connectivity index (χ4n) is 3.72. The van der Waals surface area contributed by atoms with Crippen molar-refractivity contribution in [1.82, 2.24) is 0 Å². The number of hydrogen-bond acceptors (Lipinski definition) is 2. The van der Waals surface area contributed by atoms with Gasteiger partial charge < -0.3 is 4.74 Å². The Morgan fingerprint density at radius 3 is 1.59 bits per heavy atom. The highest BCUT2D eigenvalue weighted by molar-refractivity contribution is 5.71. The summed E-state index contributed by atoms with van der Waals surface area (Å²) in [6.07, 6.45) is 21.8. The molecule has 0 aromatic heterocycles. The van der Waals surface area contributed by atoms with Crippen molar-refractivity contribution in [3.8, 4) is 0 Å². The van der Waals surface area contributed by atoms with Crippen molar-refractivity contribution in [1.29, 1.82) is 0 Å². The van der Waals surface area contributed by atoms with Crippen LogP contribution in [0.3, 0.4) is 0 Å². The van der Waals surface area contributed by atoms with Crippen molar-refractivity contribution in [3.05, 3.63) is 0 Å². The van der Waals surface area contributed by atoms with Crippen LogP contribution in [0.1, 0.15) is 137 Å². The van der Waals surface area contributed by atoms with Crippen LogP contribution in [0.4, 0.5) is 0 Å². The normalized spacial score (nSPS) is 13.5. The van der Waals surface area contributed by atoms with Gasteiger partial charge in [0.15, 0.2) is 0 Å². The summed E-state index contributed by atoms with van der Waals surface area (Å²) in [6.45, 7) is 9.41. The highest BCUT2D eigenvalue weighted by Crippen LogP contribution is 2.20. The fraction of sp³-hybridized carbons (Fsp3) is 0.960. The summed E-state index contributed by atoms with van der Waals surface area (Å²) in [4.78, 5) is 12.3. The Kier molecular flexibility index (Phi) is 19.8. The minimum Gasteiger partial charge on any atom is -0.465 e. The number of rotatable bonds is 20. The maximum absolute atomic E-state index is 12.3. The van der Waals surface area contributed by atoms with E-state index < -0.39 is 0 Å². The van der Waals surface area contributed by atoms with E-state index in [9.17, 15) is 4.79 Å². The van der Waals surface area contributed by atoms with Crippen molar-refractivity contribution in [2.45, 2.75) is 137 Å². The van der Waals surface area contributed by atoms with Crippen molar-refractivity contribution in [2.24, 2.45) is 11.8 Å². The molecule has 0 rings (SSSR count). The van der Waals surface area contributed by atoms with E-state index >= 15 is 0 Å². The molecule has 2 atom stereocenters. The first-order valence-electron chi connectivity index (χ1n) is 12.3. The van der Waals surface area contributed by atoms with E-state index in [1.807, 2.05) is 6.92 Å². The molecule has 0 aromatic rings. The molecule has 0 bridgehead atoms. The zero-order valence-corrected chi connectivity index (χ0v) is 19.2. The topological polar surface area (TPSA) is 26.3 Å². The van der Waals surface area contributed by atoms with Gasteiger partial charge in [0.2, 0.25) is 0 Å². The summed E-state index contributed by atoms with van der Waals surface area (Å²) < 4.78 is 5.71. The zero-order chi connectivity index (χ0) is 20.2. The standard InChI is InChI=1S/C25H50O2/c1-5-8-11-12-13-14-15-18-21-24(20-17-10-7-3)22-27-25(26)23(4)19-16-9-6-2/h23-24H,5-22H2,1-4H3. The largest absolute Gasteiger partial charge is 0.465 e. The van der Waals surface area contributed by atoms with E-state index in [4.69, 9.17) is 4.74 Å². The maximum atomic E-state index is 12.3. The lowest BCUT2D eigenvalue weighted by Gasteiger charge is -2.19. The summed E-state index contributed by atoms with van der Waals surface area (Å²) in [5.74, 6) is 0.668. The van der Waals surface area contributed by atoms with E-state index in [0.717, 1.165) is 12.8 Å². The number of unbranched alkanes of at least 4 members (excludes halogenated alkanes) is 11. The van der Waals surface area contributed by atoms with Crippen molar-refractivity contribution in [3.63, 3.8) is 0 Å². The first-order chi connectivity index (χ1) is 13.2. The van der Waals surface area contributed by atoms with Gasteiger partial charge in [-0.25, -0.2) is 0 Å². The number of carbonyl (C=O) groups excluding carboxylic acids is 1. The Hall–Kier alpha value is -0.530. The van der Waals surface area contributed by atoms with Crippen molar-refractivity contribution >= 4 is 5.97 Å². The summed E-state index contributed by atoms with van der Waals surface area (Å²) >= 11 is 0. The van der Waals surface area contributed by atoms with Gasteiger partial charge in [-0.05, 0) is 25.2 Å². The second-order valence-electron chi connectivity index (χ2n) is 8.65. The maximum Gasteiger partial charge on any atom is 0.308 e. The number of ether oxygens (including phenoxy) is 1. The molecule has 0 spiro atoms. The van der Waals surface area contributed by atoms with Crippen LogP contribution in [0.25, 0.3) is 0 Å². The van der Waals surface area contributed by atoms with Gasteiger partial charge in [-0.1, -0.05) is 118 Å². The van der Waals surface area contributed by atoms with Crippen LogP contribution in [0.15, 0.2) is 0 Å². The minimum absolute atomic E-state index is 0.0301. The number of carbonyl (C=O) groups is 1. The van der Waals surface area contributed by atoms with E-state index in [0.29, 0.717) is 12.5 Å². The second kappa shape index (κ2) is 20.2. The molecule has 0 aromatic carbocycles. The van der Waals surface area contributed by atoms with Crippen LogP contribution < -0.4 is 0 Å². The average Bonchev–Trinajstić information content (AvgIpc) is 2.67. The Morgan fingerprint density at radius 2 is 1.04 bits per heavy atom. The van der Waals surface area contributed by atoms with Gasteiger partial charge in [0.25, 0.3) is 0 Å². The molecule has 0 amide bonds. The van der Waals surface area contributed by atoms with Gasteiger partial charge in [-0.2, -0.15) is 0 Å². The molecule has 2 nitrogen and oxygen atoms in total. The minimum atomic E-state index is 0.0301. The van der Waals surface area contributed by atoms with Crippen LogP contribution in [0, 0.1) is 11.8 Å². The molecule has 162 valence electrons. The number of esters is 1. The third kappa shape index (κ3) is 17.3. The molecule has 0 aliphatic rings. The molecule has 0 aliphatic carbocycles. The van der Waals surface area contributed by atoms with E-state index in [1.165, 1.54) is 96.3 Å². The summed E-state index contributed by atoms with van der Waals surface area (Å²) in [7, 11) is 0. The summed E-state index contributed by atoms with van der Waals surface area (Å²) in [5.41, 5.74) is 0. The molecule has 0 N–H and O–H groups in total. The van der Waals surface area contributed by atoms with E-state index in [-0.39, 0.29) is 11.9 Å². The van der Waals surface area contributed by atoms with Gasteiger partial charge in [0.05, 0.1) is 12.5 Å². The van der Waals surface area contributed by atoms with Gasteiger partial charge in [0.1, 0.15) is 0 Å². The molecule has 0 saturated carbocycles. The van der Waals surface area contributed by atoms with Crippen LogP contribution in [0.2, 0.25) is 0 Å². The van der Waals surface area contributed by atoms with Crippen LogP contribution in [0.5, 0.6) is 0 Å². The fourth-order valence-corrected chi connectivity index (χ4v) is 3.72. The zero-order valence-electron chi connectivity index (χ0n) is 19.2. The predicted molar refractivity (Wildman–Crippen MR) is 119 cm³/mol. The smallest absolute Gasteiger partial charge is 0.308 e. The third-order valence-corrected chi connectivity index (χ3v) is 5.79. The molecule has 2 heteroatoms.